The lowest BCUT2D eigenvalue weighted by molar-refractivity contribution is 0.0700. The molecule has 0 saturated carbocycles. The maximum Gasteiger partial charge on any atom is 0.254 e. The van der Waals surface area contributed by atoms with Crippen molar-refractivity contribution in [3.63, 3.8) is 0 Å². The lowest BCUT2D eigenvalue weighted by Gasteiger charge is -2.23. The topological polar surface area (TPSA) is 75.8 Å². The minimum Gasteiger partial charge on any atom is -0.508 e. The minimum atomic E-state index is -0.160. The average Bonchev–Trinajstić information content (AvgIpc) is 2.41. The zero-order chi connectivity index (χ0) is 15.1. The first-order chi connectivity index (χ1) is 9.47. The van der Waals surface area contributed by atoms with Gasteiger partial charge in [0.2, 0.25) is 0 Å². The molecule has 0 aromatic heterocycles. The number of phenols is 1. The van der Waals surface area contributed by atoms with Crippen LogP contribution in [0.3, 0.4) is 0 Å². The molecule has 0 radical (unpaired) electrons. The van der Waals surface area contributed by atoms with Gasteiger partial charge in [0, 0.05) is 37.7 Å². The van der Waals surface area contributed by atoms with Crippen LogP contribution in [0.2, 0.25) is 0 Å². The Morgan fingerprint density at radius 1 is 1.45 bits per heavy atom. The van der Waals surface area contributed by atoms with E-state index in [1.807, 2.05) is 0 Å². The van der Waals surface area contributed by atoms with Gasteiger partial charge < -0.3 is 20.5 Å². The monoisotopic (exact) mass is 296 g/mol. The summed E-state index contributed by atoms with van der Waals surface area (Å²) < 4.78 is 5.01. The first kappa shape index (κ1) is 16.4. The van der Waals surface area contributed by atoms with Gasteiger partial charge in [0.05, 0.1) is 11.6 Å². The van der Waals surface area contributed by atoms with Crippen molar-refractivity contribution in [2.75, 3.05) is 26.8 Å². The van der Waals surface area contributed by atoms with E-state index in [4.69, 9.17) is 22.7 Å². The zero-order valence-corrected chi connectivity index (χ0v) is 12.6. The van der Waals surface area contributed by atoms with E-state index in [1.165, 1.54) is 0 Å². The van der Waals surface area contributed by atoms with Crippen molar-refractivity contribution in [2.24, 2.45) is 5.73 Å². The van der Waals surface area contributed by atoms with E-state index in [0.717, 1.165) is 0 Å². The summed E-state index contributed by atoms with van der Waals surface area (Å²) in [5, 5.41) is 9.69. The molecule has 1 rings (SSSR count). The minimum absolute atomic E-state index is 0.108. The highest BCUT2D eigenvalue weighted by molar-refractivity contribution is 7.80. The summed E-state index contributed by atoms with van der Waals surface area (Å²) in [6.07, 6.45) is 0.461. The van der Waals surface area contributed by atoms with Crippen molar-refractivity contribution >= 4 is 23.1 Å². The third-order valence-corrected chi connectivity index (χ3v) is 3.22. The standard InChI is InChI=1S/C14H20N2O3S/c1-10-11(4-3-5-12(10)17)14(18)16(8-9-19-2)7-6-13(15)20/h3-5,17H,6-9H2,1-2H3,(H2,15,20). The SMILES string of the molecule is COCCN(CCC(N)=S)C(=O)c1cccc(O)c1C. The summed E-state index contributed by atoms with van der Waals surface area (Å²) in [6.45, 7) is 3.03. The average molecular weight is 296 g/mol. The predicted molar refractivity (Wildman–Crippen MR) is 82.0 cm³/mol. The molecule has 0 atom stereocenters. The van der Waals surface area contributed by atoms with Crippen LogP contribution in [-0.2, 0) is 4.74 Å². The fourth-order valence-electron chi connectivity index (χ4n) is 1.79. The molecule has 1 aromatic carbocycles. The Balaban J connectivity index is 2.90. The second kappa shape index (κ2) is 7.81. The van der Waals surface area contributed by atoms with E-state index >= 15 is 0 Å². The molecule has 0 unspecified atom stereocenters. The summed E-state index contributed by atoms with van der Waals surface area (Å²) in [4.78, 5) is 14.5. The Morgan fingerprint density at radius 3 is 2.75 bits per heavy atom. The van der Waals surface area contributed by atoms with Gasteiger partial charge in [-0.25, -0.2) is 0 Å². The van der Waals surface area contributed by atoms with Crippen molar-refractivity contribution in [1.29, 1.82) is 0 Å². The molecule has 0 saturated heterocycles. The number of thiocarbonyl (C=S) groups is 1. The fraction of sp³-hybridized carbons (Fsp3) is 0.429. The number of nitrogens with zero attached hydrogens (tertiary/aromatic N) is 1. The number of carbonyl (C=O) groups excluding carboxylic acids is 1. The van der Waals surface area contributed by atoms with Crippen molar-refractivity contribution in [3.8, 4) is 5.75 Å². The number of aromatic hydroxyl groups is 1. The van der Waals surface area contributed by atoms with Gasteiger partial charge in [0.15, 0.2) is 0 Å². The van der Waals surface area contributed by atoms with Gasteiger partial charge in [-0.2, -0.15) is 0 Å². The number of hydrogen-bond acceptors (Lipinski definition) is 4. The van der Waals surface area contributed by atoms with Crippen LogP contribution < -0.4 is 5.73 Å². The lowest BCUT2D eigenvalue weighted by Crippen LogP contribution is -2.36. The van der Waals surface area contributed by atoms with Crippen LogP contribution in [0.15, 0.2) is 18.2 Å². The molecule has 1 aromatic rings. The van der Waals surface area contributed by atoms with E-state index in [-0.39, 0.29) is 11.7 Å². The van der Waals surface area contributed by atoms with Crippen LogP contribution in [0.1, 0.15) is 22.3 Å². The lowest BCUT2D eigenvalue weighted by atomic mass is 10.1. The van der Waals surface area contributed by atoms with E-state index in [9.17, 15) is 9.90 Å². The Kier molecular flexibility index (Phi) is 6.41. The molecule has 0 aliphatic heterocycles. The maximum absolute atomic E-state index is 12.5. The third-order valence-electron chi connectivity index (χ3n) is 3.02. The summed E-state index contributed by atoms with van der Waals surface area (Å²) in [7, 11) is 1.58. The van der Waals surface area contributed by atoms with Gasteiger partial charge in [-0.3, -0.25) is 4.79 Å². The molecule has 1 amide bonds. The van der Waals surface area contributed by atoms with Crippen molar-refractivity contribution in [2.45, 2.75) is 13.3 Å². The normalized spacial score (nSPS) is 10.3. The van der Waals surface area contributed by atoms with E-state index in [1.54, 1.807) is 37.1 Å². The van der Waals surface area contributed by atoms with Gasteiger partial charge in [-0.15, -0.1) is 0 Å². The van der Waals surface area contributed by atoms with Gasteiger partial charge in [-0.1, -0.05) is 18.3 Å². The number of nitrogens with two attached hydrogens (primary N) is 1. The van der Waals surface area contributed by atoms with Crippen LogP contribution in [0.25, 0.3) is 0 Å². The fourth-order valence-corrected chi connectivity index (χ4v) is 1.88. The first-order valence-electron chi connectivity index (χ1n) is 6.32. The zero-order valence-electron chi connectivity index (χ0n) is 11.8. The van der Waals surface area contributed by atoms with Crippen molar-refractivity contribution < 1.29 is 14.6 Å². The van der Waals surface area contributed by atoms with Crippen LogP contribution >= 0.6 is 12.2 Å². The molecule has 110 valence electrons. The van der Waals surface area contributed by atoms with Gasteiger partial charge in [0.25, 0.3) is 5.91 Å². The number of methoxy groups -OCH3 is 1. The Labute approximate surface area is 124 Å². The van der Waals surface area contributed by atoms with Crippen LogP contribution in [0.5, 0.6) is 5.75 Å². The van der Waals surface area contributed by atoms with Gasteiger partial charge in [0.1, 0.15) is 5.75 Å². The largest absolute Gasteiger partial charge is 0.508 e. The molecule has 0 aliphatic rings. The molecule has 5 nitrogen and oxygen atoms in total. The van der Waals surface area contributed by atoms with Crippen LogP contribution in [-0.4, -0.2) is 47.7 Å². The number of ether oxygens (including phenoxy) is 1. The molecule has 0 aliphatic carbocycles. The highest BCUT2D eigenvalue weighted by Crippen LogP contribution is 2.21. The molecule has 0 fully saturated rings. The Hall–Kier alpha value is -1.66. The number of carbonyl (C=O) groups is 1. The van der Waals surface area contributed by atoms with E-state index in [0.29, 0.717) is 42.2 Å². The third kappa shape index (κ3) is 4.47. The molecule has 0 heterocycles. The summed E-state index contributed by atoms with van der Waals surface area (Å²) >= 11 is 4.84. The second-order valence-electron chi connectivity index (χ2n) is 4.45. The van der Waals surface area contributed by atoms with Crippen LogP contribution in [0.4, 0.5) is 0 Å². The van der Waals surface area contributed by atoms with Crippen molar-refractivity contribution in [3.05, 3.63) is 29.3 Å². The Bertz CT molecular complexity index is 491. The summed E-state index contributed by atoms with van der Waals surface area (Å²) in [6, 6.07) is 4.90. The van der Waals surface area contributed by atoms with E-state index < -0.39 is 0 Å². The smallest absolute Gasteiger partial charge is 0.254 e. The van der Waals surface area contributed by atoms with Gasteiger partial charge in [-0.05, 0) is 19.1 Å². The molecule has 0 spiro atoms. The summed E-state index contributed by atoms with van der Waals surface area (Å²) in [5.74, 6) is -0.0522. The number of amides is 1. The van der Waals surface area contributed by atoms with Gasteiger partial charge >= 0.3 is 0 Å². The molecule has 6 heteroatoms. The second-order valence-corrected chi connectivity index (χ2v) is 4.98. The van der Waals surface area contributed by atoms with E-state index in [2.05, 4.69) is 0 Å². The maximum atomic E-state index is 12.5. The number of hydrogen-bond donors (Lipinski definition) is 2. The number of rotatable bonds is 7. The first-order valence-corrected chi connectivity index (χ1v) is 6.73. The predicted octanol–water partition coefficient (Wildman–Crippen LogP) is 1.47. The molecule has 3 N–H and O–H groups in total. The highest BCUT2D eigenvalue weighted by atomic mass is 32.1. The number of benzene rings is 1. The van der Waals surface area contributed by atoms with Crippen molar-refractivity contribution in [1.82, 2.24) is 4.90 Å². The summed E-state index contributed by atoms with van der Waals surface area (Å²) in [5.41, 5.74) is 6.53. The Morgan fingerprint density at radius 2 is 2.15 bits per heavy atom. The number of phenolic OH excluding ortho intramolecular Hbond substituents is 1. The highest BCUT2D eigenvalue weighted by Gasteiger charge is 2.18. The van der Waals surface area contributed by atoms with Crippen LogP contribution in [0, 0.1) is 6.92 Å². The molecular weight excluding hydrogens is 276 g/mol. The molecular formula is C14H20N2O3S. The quantitative estimate of drug-likeness (QED) is 0.745. The molecule has 20 heavy (non-hydrogen) atoms. The molecule has 0 bridgehead atoms.